The molecule has 3 nitrogen and oxygen atoms in total. The van der Waals surface area contributed by atoms with Crippen LogP contribution in [0.25, 0.3) is 0 Å². The van der Waals surface area contributed by atoms with Gasteiger partial charge in [-0.05, 0) is 24.6 Å². The summed E-state index contributed by atoms with van der Waals surface area (Å²) in [7, 11) is 3.16. The summed E-state index contributed by atoms with van der Waals surface area (Å²) in [5.74, 6) is 1.30. The minimum atomic E-state index is -0.629. The quantitative estimate of drug-likeness (QED) is 0.858. The number of hydrogen-bond acceptors (Lipinski definition) is 3. The van der Waals surface area contributed by atoms with Crippen LogP contribution < -0.4 is 9.47 Å². The van der Waals surface area contributed by atoms with E-state index < -0.39 is 6.10 Å². The lowest BCUT2D eigenvalue weighted by Crippen LogP contribution is -2.05. The second-order valence-corrected chi connectivity index (χ2v) is 3.90. The lowest BCUT2D eigenvalue weighted by molar-refractivity contribution is 0.194. The molecule has 1 atom stereocenters. The lowest BCUT2D eigenvalue weighted by atomic mass is 10.1. The highest BCUT2D eigenvalue weighted by atomic mass is 79.9. The smallest absolute Gasteiger partial charge is 0.128 e. The maximum atomic E-state index is 9.84. The highest BCUT2D eigenvalue weighted by Gasteiger charge is 2.18. The van der Waals surface area contributed by atoms with E-state index >= 15 is 0 Å². The molecule has 0 aromatic heterocycles. The van der Waals surface area contributed by atoms with E-state index in [0.717, 1.165) is 5.56 Å². The molecule has 15 heavy (non-hydrogen) atoms. The van der Waals surface area contributed by atoms with Gasteiger partial charge in [-0.3, -0.25) is 0 Å². The minimum Gasteiger partial charge on any atom is -0.496 e. The van der Waals surface area contributed by atoms with E-state index in [1.807, 2.05) is 19.1 Å². The van der Waals surface area contributed by atoms with Crippen molar-refractivity contribution in [1.82, 2.24) is 0 Å². The maximum Gasteiger partial charge on any atom is 0.128 e. The molecule has 1 aromatic rings. The lowest BCUT2D eigenvalue weighted by Gasteiger charge is -2.17. The standard InChI is InChI=1S/C11H15BrO3/c1-7-4-9(14-2)11(8(13)6-12)10(5-7)15-3/h4-5,8,13H,6H2,1-3H3. The van der Waals surface area contributed by atoms with E-state index in [4.69, 9.17) is 9.47 Å². The van der Waals surface area contributed by atoms with Gasteiger partial charge in [0.1, 0.15) is 11.5 Å². The molecule has 0 aliphatic heterocycles. The third-order valence-corrected chi connectivity index (χ3v) is 2.78. The van der Waals surface area contributed by atoms with Crippen LogP contribution in [0, 0.1) is 6.92 Å². The molecule has 0 saturated heterocycles. The number of rotatable bonds is 4. The maximum absolute atomic E-state index is 9.84. The van der Waals surface area contributed by atoms with E-state index in [-0.39, 0.29) is 0 Å². The largest absolute Gasteiger partial charge is 0.496 e. The zero-order valence-corrected chi connectivity index (χ0v) is 10.7. The Hall–Kier alpha value is -0.740. The van der Waals surface area contributed by atoms with Crippen LogP contribution in [0.5, 0.6) is 11.5 Å². The second-order valence-electron chi connectivity index (χ2n) is 3.25. The van der Waals surface area contributed by atoms with Gasteiger partial charge in [0, 0.05) is 5.33 Å². The first-order valence-electron chi connectivity index (χ1n) is 4.60. The van der Waals surface area contributed by atoms with E-state index in [0.29, 0.717) is 22.4 Å². The average molecular weight is 275 g/mol. The molecule has 0 heterocycles. The van der Waals surface area contributed by atoms with Crippen molar-refractivity contribution >= 4 is 15.9 Å². The van der Waals surface area contributed by atoms with Crippen LogP contribution >= 0.6 is 15.9 Å². The molecule has 0 fully saturated rings. The van der Waals surface area contributed by atoms with Gasteiger partial charge >= 0.3 is 0 Å². The SMILES string of the molecule is COc1cc(C)cc(OC)c1C(O)CBr. The number of aryl methyl sites for hydroxylation is 1. The third kappa shape index (κ3) is 2.63. The first-order valence-corrected chi connectivity index (χ1v) is 5.72. The fourth-order valence-corrected chi connectivity index (χ4v) is 1.80. The Labute approximate surface area is 98.1 Å². The van der Waals surface area contributed by atoms with Crippen molar-refractivity contribution in [3.05, 3.63) is 23.3 Å². The van der Waals surface area contributed by atoms with Crippen molar-refractivity contribution < 1.29 is 14.6 Å². The normalized spacial score (nSPS) is 12.3. The molecule has 0 amide bonds. The molecule has 0 bridgehead atoms. The van der Waals surface area contributed by atoms with Gasteiger partial charge in [0.2, 0.25) is 0 Å². The summed E-state index contributed by atoms with van der Waals surface area (Å²) in [6.07, 6.45) is -0.629. The zero-order chi connectivity index (χ0) is 11.4. The monoisotopic (exact) mass is 274 g/mol. The Morgan fingerprint density at radius 1 is 1.27 bits per heavy atom. The molecule has 0 aliphatic carbocycles. The number of aliphatic hydroxyl groups is 1. The number of halogens is 1. The van der Waals surface area contributed by atoms with Crippen molar-refractivity contribution in [1.29, 1.82) is 0 Å². The van der Waals surface area contributed by atoms with Crippen LogP contribution in [-0.4, -0.2) is 24.7 Å². The van der Waals surface area contributed by atoms with Crippen LogP contribution in [0.3, 0.4) is 0 Å². The summed E-state index contributed by atoms with van der Waals surface area (Å²) in [6, 6.07) is 3.76. The van der Waals surface area contributed by atoms with Gasteiger partial charge in [0.15, 0.2) is 0 Å². The van der Waals surface area contributed by atoms with Crippen LogP contribution in [0.15, 0.2) is 12.1 Å². The highest BCUT2D eigenvalue weighted by Crippen LogP contribution is 2.36. The Morgan fingerprint density at radius 2 is 1.73 bits per heavy atom. The predicted octanol–water partition coefficient (Wildman–Crippen LogP) is 2.44. The van der Waals surface area contributed by atoms with Crippen LogP contribution in [0.1, 0.15) is 17.2 Å². The van der Waals surface area contributed by atoms with Gasteiger partial charge in [-0.15, -0.1) is 0 Å². The zero-order valence-electron chi connectivity index (χ0n) is 9.08. The van der Waals surface area contributed by atoms with Gasteiger partial charge in [0.05, 0.1) is 25.9 Å². The Balaban J connectivity index is 3.30. The Kier molecular flexibility index (Phi) is 4.42. The first kappa shape index (κ1) is 12.3. The third-order valence-electron chi connectivity index (χ3n) is 2.17. The summed E-state index contributed by atoms with van der Waals surface area (Å²) in [5.41, 5.74) is 1.72. The van der Waals surface area contributed by atoms with E-state index in [2.05, 4.69) is 15.9 Å². The number of methoxy groups -OCH3 is 2. The molecule has 0 radical (unpaired) electrons. The molecule has 1 rings (SSSR count). The molecule has 0 saturated carbocycles. The molecular weight excluding hydrogens is 260 g/mol. The molecule has 1 unspecified atom stereocenters. The minimum absolute atomic E-state index is 0.447. The van der Waals surface area contributed by atoms with Gasteiger partial charge in [-0.1, -0.05) is 15.9 Å². The van der Waals surface area contributed by atoms with Crippen LogP contribution in [0.2, 0.25) is 0 Å². The topological polar surface area (TPSA) is 38.7 Å². The molecule has 0 aliphatic rings. The van der Waals surface area contributed by atoms with Crippen molar-refractivity contribution in [3.8, 4) is 11.5 Å². The second kappa shape index (κ2) is 5.37. The van der Waals surface area contributed by atoms with E-state index in [1.54, 1.807) is 14.2 Å². The summed E-state index contributed by atoms with van der Waals surface area (Å²) >= 11 is 3.24. The highest BCUT2D eigenvalue weighted by molar-refractivity contribution is 9.09. The molecule has 1 N–H and O–H groups in total. The molecule has 1 aromatic carbocycles. The average Bonchev–Trinajstić information content (AvgIpc) is 2.26. The fourth-order valence-electron chi connectivity index (χ4n) is 1.48. The van der Waals surface area contributed by atoms with Gasteiger partial charge in [-0.25, -0.2) is 0 Å². The molecular formula is C11H15BrO3. The summed E-state index contributed by atoms with van der Waals surface area (Å²) in [5, 5.41) is 10.3. The van der Waals surface area contributed by atoms with Crippen molar-refractivity contribution in [2.24, 2.45) is 0 Å². The molecule has 84 valence electrons. The van der Waals surface area contributed by atoms with Crippen LogP contribution in [0.4, 0.5) is 0 Å². The number of benzene rings is 1. The van der Waals surface area contributed by atoms with E-state index in [1.165, 1.54) is 0 Å². The number of hydrogen-bond donors (Lipinski definition) is 1. The van der Waals surface area contributed by atoms with Gasteiger partial charge in [0.25, 0.3) is 0 Å². The number of ether oxygens (including phenoxy) is 2. The predicted molar refractivity (Wildman–Crippen MR) is 63.0 cm³/mol. The van der Waals surface area contributed by atoms with E-state index in [9.17, 15) is 5.11 Å². The van der Waals surface area contributed by atoms with Gasteiger partial charge < -0.3 is 14.6 Å². The number of alkyl halides is 1. The van der Waals surface area contributed by atoms with Crippen molar-refractivity contribution in [3.63, 3.8) is 0 Å². The fraction of sp³-hybridized carbons (Fsp3) is 0.455. The van der Waals surface area contributed by atoms with Crippen LogP contribution in [-0.2, 0) is 0 Å². The molecule has 4 heteroatoms. The van der Waals surface area contributed by atoms with Gasteiger partial charge in [-0.2, -0.15) is 0 Å². The summed E-state index contributed by atoms with van der Waals surface area (Å²) < 4.78 is 10.5. The summed E-state index contributed by atoms with van der Waals surface area (Å²) in [4.78, 5) is 0. The Bertz CT molecular complexity index is 314. The Morgan fingerprint density at radius 3 is 2.07 bits per heavy atom. The first-order chi connectivity index (χ1) is 7.13. The summed E-state index contributed by atoms with van der Waals surface area (Å²) in [6.45, 7) is 1.95. The van der Waals surface area contributed by atoms with Crippen molar-refractivity contribution in [2.45, 2.75) is 13.0 Å². The van der Waals surface area contributed by atoms with Crippen molar-refractivity contribution in [2.75, 3.05) is 19.5 Å². The molecule has 0 spiro atoms. The number of aliphatic hydroxyl groups excluding tert-OH is 1.